The molecular formula is C20H26N4O3. The van der Waals surface area contributed by atoms with Crippen LogP contribution in [-0.4, -0.2) is 54.0 Å². The van der Waals surface area contributed by atoms with Gasteiger partial charge in [0.25, 0.3) is 0 Å². The minimum absolute atomic E-state index is 0.112. The molecule has 1 amide bonds. The van der Waals surface area contributed by atoms with Crippen LogP contribution in [0.2, 0.25) is 0 Å². The van der Waals surface area contributed by atoms with Gasteiger partial charge in [-0.3, -0.25) is 9.79 Å². The molecule has 144 valence electrons. The summed E-state index contributed by atoms with van der Waals surface area (Å²) in [6.45, 7) is 3.09. The second-order valence-electron chi connectivity index (χ2n) is 6.93. The molecule has 0 unspecified atom stereocenters. The van der Waals surface area contributed by atoms with Crippen LogP contribution in [-0.2, 0) is 16.0 Å². The highest BCUT2D eigenvalue weighted by Crippen LogP contribution is 2.20. The number of piperidine rings is 1. The van der Waals surface area contributed by atoms with E-state index in [-0.39, 0.29) is 11.8 Å². The van der Waals surface area contributed by atoms with Crippen molar-refractivity contribution in [2.75, 3.05) is 31.5 Å². The number of nitrogens with one attached hydrogen (secondary N) is 2. The van der Waals surface area contributed by atoms with E-state index in [1.54, 1.807) is 6.08 Å². The lowest BCUT2D eigenvalue weighted by Crippen LogP contribution is -2.39. The maximum Gasteiger partial charge on any atom is 0.327 e. The molecule has 0 aromatic heterocycles. The van der Waals surface area contributed by atoms with Crippen molar-refractivity contribution in [2.24, 2.45) is 10.9 Å². The van der Waals surface area contributed by atoms with Crippen LogP contribution < -0.4 is 10.6 Å². The van der Waals surface area contributed by atoms with Crippen molar-refractivity contribution < 1.29 is 14.7 Å². The van der Waals surface area contributed by atoms with Gasteiger partial charge < -0.3 is 20.6 Å². The summed E-state index contributed by atoms with van der Waals surface area (Å²) in [6, 6.07) is 7.85. The smallest absolute Gasteiger partial charge is 0.327 e. The molecule has 0 spiro atoms. The minimum Gasteiger partial charge on any atom is -0.478 e. The number of aliphatic carboxylic acids is 1. The number of anilines is 1. The molecule has 0 saturated carbocycles. The number of nitrogens with zero attached hydrogens (tertiary/aromatic N) is 2. The van der Waals surface area contributed by atoms with Gasteiger partial charge in [-0.05, 0) is 42.9 Å². The minimum atomic E-state index is -0.920. The lowest BCUT2D eigenvalue weighted by Gasteiger charge is -2.30. The summed E-state index contributed by atoms with van der Waals surface area (Å²) in [4.78, 5) is 29.5. The fourth-order valence-electron chi connectivity index (χ4n) is 3.36. The first-order valence-electron chi connectivity index (χ1n) is 9.43. The molecule has 1 fully saturated rings. The Hall–Kier alpha value is -2.83. The van der Waals surface area contributed by atoms with E-state index in [0.717, 1.165) is 49.6 Å². The number of allylic oxidation sites excluding steroid dienone is 1. The van der Waals surface area contributed by atoms with Crippen LogP contribution >= 0.6 is 0 Å². The summed E-state index contributed by atoms with van der Waals surface area (Å²) in [5.41, 5.74) is 1.89. The molecule has 2 heterocycles. The first-order valence-corrected chi connectivity index (χ1v) is 9.43. The maximum atomic E-state index is 12.6. The third kappa shape index (κ3) is 5.84. The Kier molecular flexibility index (Phi) is 6.46. The van der Waals surface area contributed by atoms with Crippen molar-refractivity contribution in [3.8, 4) is 0 Å². The van der Waals surface area contributed by atoms with Crippen molar-refractivity contribution in [2.45, 2.75) is 25.7 Å². The van der Waals surface area contributed by atoms with E-state index < -0.39 is 5.97 Å². The number of guanidine groups is 1. The summed E-state index contributed by atoms with van der Waals surface area (Å²) in [7, 11) is 0. The molecule has 3 N–H and O–H groups in total. The summed E-state index contributed by atoms with van der Waals surface area (Å²) in [6.07, 6.45) is 5.96. The normalized spacial score (nSPS) is 18.1. The quantitative estimate of drug-likeness (QED) is 0.688. The Morgan fingerprint density at radius 1 is 1.33 bits per heavy atom. The second kappa shape index (κ2) is 9.21. The first kappa shape index (κ1) is 18.9. The Morgan fingerprint density at radius 2 is 2.15 bits per heavy atom. The second-order valence-corrected chi connectivity index (χ2v) is 6.93. The fraction of sp³-hybridized carbons (Fsp3) is 0.450. The van der Waals surface area contributed by atoms with Gasteiger partial charge in [-0.2, -0.15) is 0 Å². The third-order valence-corrected chi connectivity index (χ3v) is 4.85. The summed E-state index contributed by atoms with van der Waals surface area (Å²) >= 11 is 0. The average molecular weight is 370 g/mol. The largest absolute Gasteiger partial charge is 0.478 e. The number of carbonyl (C=O) groups excluding carboxylic acids is 1. The Balaban J connectivity index is 1.51. The van der Waals surface area contributed by atoms with Gasteiger partial charge in [-0.15, -0.1) is 0 Å². The highest BCUT2D eigenvalue weighted by molar-refractivity contribution is 5.94. The van der Waals surface area contributed by atoms with Gasteiger partial charge in [0.05, 0.1) is 6.42 Å². The van der Waals surface area contributed by atoms with Crippen molar-refractivity contribution in [3.05, 3.63) is 42.0 Å². The lowest BCUT2D eigenvalue weighted by atomic mass is 9.96. The number of carboxylic acids is 1. The molecule has 0 bridgehead atoms. The van der Waals surface area contributed by atoms with Crippen LogP contribution in [0.1, 0.15) is 24.8 Å². The van der Waals surface area contributed by atoms with Gasteiger partial charge in [0.15, 0.2) is 5.96 Å². The van der Waals surface area contributed by atoms with Gasteiger partial charge in [-0.1, -0.05) is 18.2 Å². The molecule has 1 aromatic carbocycles. The number of rotatable bonds is 5. The van der Waals surface area contributed by atoms with Crippen LogP contribution in [0.25, 0.3) is 0 Å². The van der Waals surface area contributed by atoms with Gasteiger partial charge in [-0.25, -0.2) is 4.79 Å². The summed E-state index contributed by atoms with van der Waals surface area (Å²) in [5.74, 6) is 0.208. The highest BCUT2D eigenvalue weighted by atomic mass is 16.4. The molecule has 27 heavy (non-hydrogen) atoms. The molecule has 7 nitrogen and oxygen atoms in total. The molecule has 0 atom stereocenters. The number of hydrogen-bond donors (Lipinski definition) is 3. The van der Waals surface area contributed by atoms with E-state index in [4.69, 9.17) is 5.11 Å². The zero-order valence-corrected chi connectivity index (χ0v) is 15.4. The van der Waals surface area contributed by atoms with Gasteiger partial charge in [0.2, 0.25) is 5.91 Å². The molecule has 2 aliphatic heterocycles. The van der Waals surface area contributed by atoms with E-state index in [1.807, 2.05) is 29.2 Å². The zero-order chi connectivity index (χ0) is 19.1. The molecule has 0 radical (unpaired) electrons. The maximum absolute atomic E-state index is 12.6. The molecular weight excluding hydrogens is 344 g/mol. The number of carbonyl (C=O) groups is 2. The van der Waals surface area contributed by atoms with E-state index in [1.165, 1.54) is 6.08 Å². The zero-order valence-electron chi connectivity index (χ0n) is 15.4. The van der Waals surface area contributed by atoms with Gasteiger partial charge in [0, 0.05) is 37.9 Å². The monoisotopic (exact) mass is 370 g/mol. The Labute approximate surface area is 159 Å². The van der Waals surface area contributed by atoms with Crippen molar-refractivity contribution >= 4 is 23.5 Å². The topological polar surface area (TPSA) is 94.0 Å². The van der Waals surface area contributed by atoms with Crippen LogP contribution in [0.3, 0.4) is 0 Å². The standard InChI is InChI=1S/C20H26N4O3/c25-18(24-11-7-15(8-12-24)5-6-19(26)27)14-16-3-1-4-17(13-16)23-20-21-9-2-10-22-20/h1,3-6,13,15H,2,7-12,14H2,(H,26,27)(H2,21,22,23)/b6-5+. The molecule has 3 rings (SSSR count). The number of aliphatic imine (C=N–C) groups is 1. The third-order valence-electron chi connectivity index (χ3n) is 4.85. The lowest BCUT2D eigenvalue weighted by molar-refractivity contribution is -0.132. The van der Waals surface area contributed by atoms with Crippen LogP contribution in [0.4, 0.5) is 5.69 Å². The van der Waals surface area contributed by atoms with Crippen molar-refractivity contribution in [1.82, 2.24) is 10.2 Å². The molecule has 1 aromatic rings. The molecule has 0 aliphatic carbocycles. The Bertz CT molecular complexity index is 736. The van der Waals surface area contributed by atoms with E-state index in [2.05, 4.69) is 15.6 Å². The predicted molar refractivity (Wildman–Crippen MR) is 105 cm³/mol. The summed E-state index contributed by atoms with van der Waals surface area (Å²) < 4.78 is 0. The number of likely N-dealkylation sites (tertiary alicyclic amines) is 1. The number of carboxylic acid groups (broad SMARTS) is 1. The number of benzene rings is 1. The molecule has 7 heteroatoms. The van der Waals surface area contributed by atoms with E-state index in [0.29, 0.717) is 19.5 Å². The molecule has 2 aliphatic rings. The number of hydrogen-bond acceptors (Lipinski definition) is 5. The van der Waals surface area contributed by atoms with Gasteiger partial charge >= 0.3 is 5.97 Å². The summed E-state index contributed by atoms with van der Waals surface area (Å²) in [5, 5.41) is 15.2. The van der Waals surface area contributed by atoms with E-state index >= 15 is 0 Å². The predicted octanol–water partition coefficient (Wildman–Crippen LogP) is 1.87. The van der Waals surface area contributed by atoms with Gasteiger partial charge in [0.1, 0.15) is 0 Å². The SMILES string of the molecule is O=C(O)/C=C/C1CCN(C(=O)Cc2cccc(NC3=NCCCN3)c2)CC1. The molecule has 1 saturated heterocycles. The number of amides is 1. The van der Waals surface area contributed by atoms with Crippen LogP contribution in [0.5, 0.6) is 0 Å². The highest BCUT2D eigenvalue weighted by Gasteiger charge is 2.21. The first-order chi connectivity index (χ1) is 13.1. The Morgan fingerprint density at radius 3 is 2.85 bits per heavy atom. The average Bonchev–Trinajstić information content (AvgIpc) is 2.68. The van der Waals surface area contributed by atoms with Crippen LogP contribution in [0.15, 0.2) is 41.4 Å². The fourth-order valence-corrected chi connectivity index (χ4v) is 3.36. The van der Waals surface area contributed by atoms with E-state index in [9.17, 15) is 9.59 Å². The van der Waals surface area contributed by atoms with Crippen molar-refractivity contribution in [1.29, 1.82) is 0 Å². The van der Waals surface area contributed by atoms with Crippen LogP contribution in [0, 0.1) is 5.92 Å². The van der Waals surface area contributed by atoms with Crippen molar-refractivity contribution in [3.63, 3.8) is 0 Å².